The third-order valence-electron chi connectivity index (χ3n) is 3.97. The second-order valence-electron chi connectivity index (χ2n) is 5.76. The maximum absolute atomic E-state index is 12.5. The molecule has 3 rings (SSSR count). The monoisotopic (exact) mass is 299 g/mol. The number of aryl methyl sites for hydroxylation is 2. The Bertz CT molecular complexity index is 666. The number of hydrogen-bond donors (Lipinski definition) is 0. The SMILES string of the molecule is CCCn1ccc(C(=O)N2CC[C@H](c3nccc(C)n3)C2)n1. The number of carbonyl (C=O) groups is 1. The lowest BCUT2D eigenvalue weighted by Gasteiger charge is -2.14. The summed E-state index contributed by atoms with van der Waals surface area (Å²) < 4.78 is 1.82. The zero-order chi connectivity index (χ0) is 15.5. The molecule has 3 heterocycles. The first-order valence-electron chi connectivity index (χ1n) is 7.79. The first-order chi connectivity index (χ1) is 10.7. The van der Waals surface area contributed by atoms with Gasteiger partial charge in [0.2, 0.25) is 0 Å². The van der Waals surface area contributed by atoms with Gasteiger partial charge < -0.3 is 4.90 Å². The Morgan fingerprint density at radius 2 is 2.27 bits per heavy atom. The van der Waals surface area contributed by atoms with Crippen LogP contribution in [0.1, 0.15) is 47.7 Å². The van der Waals surface area contributed by atoms with Crippen molar-refractivity contribution in [3.05, 3.63) is 41.7 Å². The highest BCUT2D eigenvalue weighted by Gasteiger charge is 2.30. The third-order valence-corrected chi connectivity index (χ3v) is 3.97. The van der Waals surface area contributed by atoms with Crippen molar-refractivity contribution < 1.29 is 4.79 Å². The van der Waals surface area contributed by atoms with Crippen molar-refractivity contribution in [2.45, 2.75) is 39.2 Å². The highest BCUT2D eigenvalue weighted by Crippen LogP contribution is 2.25. The Morgan fingerprint density at radius 3 is 3.05 bits per heavy atom. The summed E-state index contributed by atoms with van der Waals surface area (Å²) in [7, 11) is 0. The van der Waals surface area contributed by atoms with Crippen molar-refractivity contribution in [3.8, 4) is 0 Å². The summed E-state index contributed by atoms with van der Waals surface area (Å²) in [6.45, 7) is 6.30. The van der Waals surface area contributed by atoms with Crippen LogP contribution in [-0.2, 0) is 6.54 Å². The predicted molar refractivity (Wildman–Crippen MR) is 82.5 cm³/mol. The normalized spacial score (nSPS) is 17.9. The van der Waals surface area contributed by atoms with E-state index in [9.17, 15) is 4.79 Å². The molecule has 0 saturated carbocycles. The Labute approximate surface area is 130 Å². The lowest BCUT2D eigenvalue weighted by molar-refractivity contribution is 0.0783. The van der Waals surface area contributed by atoms with Crippen LogP contribution in [0.5, 0.6) is 0 Å². The zero-order valence-corrected chi connectivity index (χ0v) is 13.1. The topological polar surface area (TPSA) is 63.9 Å². The second kappa shape index (κ2) is 6.25. The van der Waals surface area contributed by atoms with Gasteiger partial charge in [0.25, 0.3) is 5.91 Å². The highest BCUT2D eigenvalue weighted by atomic mass is 16.2. The summed E-state index contributed by atoms with van der Waals surface area (Å²) in [5, 5.41) is 4.35. The third kappa shape index (κ3) is 3.00. The van der Waals surface area contributed by atoms with Crippen molar-refractivity contribution in [1.29, 1.82) is 0 Å². The molecule has 1 amide bonds. The fourth-order valence-corrected chi connectivity index (χ4v) is 2.81. The molecule has 6 heteroatoms. The van der Waals surface area contributed by atoms with Crippen LogP contribution in [0.25, 0.3) is 0 Å². The van der Waals surface area contributed by atoms with Crippen LogP contribution in [0.3, 0.4) is 0 Å². The molecule has 0 aromatic carbocycles. The van der Waals surface area contributed by atoms with Gasteiger partial charge in [0, 0.05) is 43.6 Å². The molecule has 0 N–H and O–H groups in total. The van der Waals surface area contributed by atoms with Crippen molar-refractivity contribution in [3.63, 3.8) is 0 Å². The average molecular weight is 299 g/mol. The molecule has 0 radical (unpaired) electrons. The number of hydrogen-bond acceptors (Lipinski definition) is 4. The van der Waals surface area contributed by atoms with E-state index < -0.39 is 0 Å². The number of rotatable bonds is 4. The molecule has 1 fully saturated rings. The van der Waals surface area contributed by atoms with E-state index in [0.717, 1.165) is 37.4 Å². The van der Waals surface area contributed by atoms with Crippen LogP contribution in [0.4, 0.5) is 0 Å². The maximum atomic E-state index is 12.5. The van der Waals surface area contributed by atoms with Crippen LogP contribution < -0.4 is 0 Å². The van der Waals surface area contributed by atoms with Crippen molar-refractivity contribution in [2.75, 3.05) is 13.1 Å². The lowest BCUT2D eigenvalue weighted by Crippen LogP contribution is -2.29. The van der Waals surface area contributed by atoms with Gasteiger partial charge in [-0.1, -0.05) is 6.92 Å². The molecular weight excluding hydrogens is 278 g/mol. The smallest absolute Gasteiger partial charge is 0.274 e. The molecule has 1 atom stereocenters. The van der Waals surface area contributed by atoms with Crippen LogP contribution in [0.2, 0.25) is 0 Å². The summed E-state index contributed by atoms with van der Waals surface area (Å²) in [6, 6.07) is 3.69. The molecule has 2 aromatic rings. The first kappa shape index (κ1) is 14.7. The predicted octanol–water partition coefficient (Wildman–Crippen LogP) is 2.02. The minimum Gasteiger partial charge on any atom is -0.336 e. The Balaban J connectivity index is 1.67. The van der Waals surface area contributed by atoms with Gasteiger partial charge in [0.1, 0.15) is 11.5 Å². The van der Waals surface area contributed by atoms with Crippen LogP contribution in [0.15, 0.2) is 24.5 Å². The Kier molecular flexibility index (Phi) is 4.18. The van der Waals surface area contributed by atoms with Gasteiger partial charge in [0.15, 0.2) is 0 Å². The van der Waals surface area contributed by atoms with Gasteiger partial charge in [-0.25, -0.2) is 9.97 Å². The maximum Gasteiger partial charge on any atom is 0.274 e. The Hall–Kier alpha value is -2.24. The molecule has 0 spiro atoms. The number of carbonyl (C=O) groups excluding carboxylic acids is 1. The first-order valence-corrected chi connectivity index (χ1v) is 7.79. The van der Waals surface area contributed by atoms with E-state index in [2.05, 4.69) is 22.0 Å². The molecule has 1 saturated heterocycles. The number of amides is 1. The van der Waals surface area contributed by atoms with Gasteiger partial charge >= 0.3 is 0 Å². The number of nitrogens with zero attached hydrogens (tertiary/aromatic N) is 5. The van der Waals surface area contributed by atoms with E-state index in [4.69, 9.17) is 0 Å². The summed E-state index contributed by atoms with van der Waals surface area (Å²) in [4.78, 5) is 23.2. The molecule has 0 aliphatic carbocycles. The molecule has 6 nitrogen and oxygen atoms in total. The van der Waals surface area contributed by atoms with E-state index in [1.54, 1.807) is 12.3 Å². The highest BCUT2D eigenvalue weighted by molar-refractivity contribution is 5.92. The van der Waals surface area contributed by atoms with Gasteiger partial charge in [-0.3, -0.25) is 9.48 Å². The van der Waals surface area contributed by atoms with Crippen molar-refractivity contribution in [2.24, 2.45) is 0 Å². The van der Waals surface area contributed by atoms with E-state index >= 15 is 0 Å². The van der Waals surface area contributed by atoms with Crippen molar-refractivity contribution >= 4 is 5.91 Å². The molecule has 116 valence electrons. The van der Waals surface area contributed by atoms with Crippen LogP contribution >= 0.6 is 0 Å². The van der Waals surface area contributed by atoms with Gasteiger partial charge in [-0.05, 0) is 31.9 Å². The van der Waals surface area contributed by atoms with E-state index in [0.29, 0.717) is 12.2 Å². The van der Waals surface area contributed by atoms with Gasteiger partial charge in [0.05, 0.1) is 0 Å². The fraction of sp³-hybridized carbons (Fsp3) is 0.500. The van der Waals surface area contributed by atoms with Gasteiger partial charge in [-0.15, -0.1) is 0 Å². The average Bonchev–Trinajstić information content (AvgIpc) is 3.16. The molecule has 22 heavy (non-hydrogen) atoms. The molecule has 0 unspecified atom stereocenters. The minimum atomic E-state index is 0.00464. The summed E-state index contributed by atoms with van der Waals surface area (Å²) in [5.41, 5.74) is 1.49. The molecule has 1 aliphatic rings. The van der Waals surface area contributed by atoms with Crippen LogP contribution in [-0.4, -0.2) is 43.6 Å². The molecule has 0 bridgehead atoms. The number of likely N-dealkylation sites (tertiary alicyclic amines) is 1. The van der Waals surface area contributed by atoms with Crippen molar-refractivity contribution in [1.82, 2.24) is 24.6 Å². The quantitative estimate of drug-likeness (QED) is 0.866. The number of aromatic nitrogens is 4. The largest absolute Gasteiger partial charge is 0.336 e. The molecular formula is C16H21N5O. The standard InChI is InChI=1S/C16H21N5O/c1-3-8-21-10-6-14(19-21)16(22)20-9-5-13(11-20)15-17-7-4-12(2)18-15/h4,6-7,10,13H,3,5,8-9,11H2,1-2H3/t13-/m0/s1. The second-order valence-corrected chi connectivity index (χ2v) is 5.76. The van der Waals surface area contributed by atoms with E-state index in [-0.39, 0.29) is 11.8 Å². The van der Waals surface area contributed by atoms with E-state index in [1.807, 2.05) is 28.8 Å². The lowest BCUT2D eigenvalue weighted by atomic mass is 10.1. The minimum absolute atomic E-state index is 0.00464. The zero-order valence-electron chi connectivity index (χ0n) is 13.1. The van der Waals surface area contributed by atoms with E-state index in [1.165, 1.54) is 0 Å². The fourth-order valence-electron chi connectivity index (χ4n) is 2.81. The summed E-state index contributed by atoms with van der Waals surface area (Å²) in [6.07, 6.45) is 5.57. The van der Waals surface area contributed by atoms with Crippen LogP contribution in [0, 0.1) is 6.92 Å². The Morgan fingerprint density at radius 1 is 1.41 bits per heavy atom. The molecule has 1 aliphatic heterocycles. The molecule has 2 aromatic heterocycles. The summed E-state index contributed by atoms with van der Waals surface area (Å²) in [5.74, 6) is 1.07. The van der Waals surface area contributed by atoms with Gasteiger partial charge in [-0.2, -0.15) is 5.10 Å². The summed E-state index contributed by atoms with van der Waals surface area (Å²) >= 11 is 0.